The van der Waals surface area contributed by atoms with E-state index >= 15 is 0 Å². The van der Waals surface area contributed by atoms with E-state index in [1.165, 1.54) is 77.0 Å². The number of methoxy groups -OCH3 is 2. The van der Waals surface area contributed by atoms with Crippen LogP contribution in [0.2, 0.25) is 0 Å². The second kappa shape index (κ2) is 21.6. The fourth-order valence-corrected chi connectivity index (χ4v) is 6.02. The third kappa shape index (κ3) is 12.3. The summed E-state index contributed by atoms with van der Waals surface area (Å²) in [5.74, 6) is 1.59. The molecule has 0 radical (unpaired) electrons. The average Bonchev–Trinajstić information content (AvgIpc) is 3.09. The molecule has 0 aliphatic carbocycles. The van der Waals surface area contributed by atoms with Crippen LogP contribution in [0, 0.1) is 0 Å². The molecule has 0 aliphatic heterocycles. The molecule has 246 valence electrons. The second-order valence-electron chi connectivity index (χ2n) is 12.2. The highest BCUT2D eigenvalue weighted by molar-refractivity contribution is 5.49. The van der Waals surface area contributed by atoms with Crippen LogP contribution >= 0.6 is 0 Å². The van der Waals surface area contributed by atoms with Gasteiger partial charge in [-0.15, -0.1) is 0 Å². The molecule has 1 N–H and O–H groups in total. The van der Waals surface area contributed by atoms with Gasteiger partial charge in [0.1, 0.15) is 17.1 Å². The molecular weight excluding hydrogens is 556 g/mol. The van der Waals surface area contributed by atoms with Crippen molar-refractivity contribution in [2.24, 2.45) is 0 Å². The summed E-state index contributed by atoms with van der Waals surface area (Å²) in [4.78, 5) is 0. The first-order valence-corrected chi connectivity index (χ1v) is 17.5. The molecule has 0 amide bonds. The lowest BCUT2D eigenvalue weighted by Crippen LogP contribution is -2.34. The maximum absolute atomic E-state index is 10.9. The first-order chi connectivity index (χ1) is 22.1. The highest BCUT2D eigenvalue weighted by atomic mass is 16.5. The monoisotopic (exact) mass is 614 g/mol. The molecule has 3 rings (SSSR count). The van der Waals surface area contributed by atoms with Crippen molar-refractivity contribution in [2.75, 3.05) is 20.8 Å². The molecule has 0 bridgehead atoms. The van der Waals surface area contributed by atoms with E-state index in [4.69, 9.17) is 14.2 Å². The van der Waals surface area contributed by atoms with Gasteiger partial charge in [0.2, 0.25) is 0 Å². The van der Waals surface area contributed by atoms with E-state index in [0.29, 0.717) is 13.0 Å². The standard InChI is InChI=1S/C41H58O4/c1-4-5-6-7-8-9-10-11-12-13-14-15-16-17-21-24-38(42)33-34-45-41(35-22-19-18-20-23-35,36-25-29-39(43-2)30-26-36)37-27-31-40(44-3)32-28-37/h11-12,18-20,22-23,25-32,38,42H,4-10,13-17,21,24,33-34H2,1-3H3/b12-11+. The van der Waals surface area contributed by atoms with Gasteiger partial charge in [-0.1, -0.05) is 131 Å². The van der Waals surface area contributed by atoms with Crippen LogP contribution in [0.4, 0.5) is 0 Å². The lowest BCUT2D eigenvalue weighted by molar-refractivity contribution is -0.00664. The van der Waals surface area contributed by atoms with E-state index < -0.39 is 5.60 Å². The van der Waals surface area contributed by atoms with E-state index in [2.05, 4.69) is 55.5 Å². The highest BCUT2D eigenvalue weighted by Crippen LogP contribution is 2.41. The normalized spacial score (nSPS) is 12.4. The van der Waals surface area contributed by atoms with Gasteiger partial charge in [0.05, 0.1) is 26.9 Å². The van der Waals surface area contributed by atoms with Crippen LogP contribution in [0.5, 0.6) is 11.5 Å². The number of ether oxygens (including phenoxy) is 3. The molecule has 0 aromatic heterocycles. The van der Waals surface area contributed by atoms with Crippen molar-refractivity contribution < 1.29 is 19.3 Å². The summed E-state index contributed by atoms with van der Waals surface area (Å²) in [6.07, 6.45) is 22.4. The van der Waals surface area contributed by atoms with Crippen LogP contribution < -0.4 is 9.47 Å². The zero-order valence-corrected chi connectivity index (χ0v) is 28.2. The smallest absolute Gasteiger partial charge is 0.143 e. The minimum atomic E-state index is -0.845. The zero-order valence-electron chi connectivity index (χ0n) is 28.2. The topological polar surface area (TPSA) is 47.9 Å². The van der Waals surface area contributed by atoms with Gasteiger partial charge in [0, 0.05) is 0 Å². The summed E-state index contributed by atoms with van der Waals surface area (Å²) in [5.41, 5.74) is 2.20. The number of benzene rings is 3. The summed E-state index contributed by atoms with van der Waals surface area (Å²) in [5, 5.41) is 10.9. The molecule has 3 aromatic rings. The van der Waals surface area contributed by atoms with Crippen molar-refractivity contribution in [1.82, 2.24) is 0 Å². The minimum absolute atomic E-state index is 0.380. The number of unbranched alkanes of at least 4 members (excludes halogenated alkanes) is 11. The zero-order chi connectivity index (χ0) is 32.0. The van der Waals surface area contributed by atoms with Crippen LogP contribution in [0.1, 0.15) is 120 Å². The van der Waals surface area contributed by atoms with Crippen molar-refractivity contribution in [3.8, 4) is 11.5 Å². The quantitative estimate of drug-likeness (QED) is 0.0619. The second-order valence-corrected chi connectivity index (χ2v) is 12.2. The van der Waals surface area contributed by atoms with Crippen molar-refractivity contribution in [2.45, 2.75) is 115 Å². The van der Waals surface area contributed by atoms with Gasteiger partial charge in [-0.05, 0) is 79.5 Å². The molecule has 1 unspecified atom stereocenters. The maximum atomic E-state index is 10.9. The third-order valence-corrected chi connectivity index (χ3v) is 8.74. The number of hydrogen-bond donors (Lipinski definition) is 1. The van der Waals surface area contributed by atoms with Gasteiger partial charge in [-0.25, -0.2) is 0 Å². The Kier molecular flexibility index (Phi) is 17.5. The molecule has 0 spiro atoms. The van der Waals surface area contributed by atoms with Crippen LogP contribution in [0.3, 0.4) is 0 Å². The Labute approximate surface area is 273 Å². The molecule has 4 heteroatoms. The predicted molar refractivity (Wildman–Crippen MR) is 188 cm³/mol. The summed E-state index contributed by atoms with van der Waals surface area (Å²) >= 11 is 0. The van der Waals surface area contributed by atoms with Crippen molar-refractivity contribution in [3.63, 3.8) is 0 Å². The number of aliphatic hydroxyl groups excluding tert-OH is 1. The summed E-state index contributed by atoms with van der Waals surface area (Å²) in [6, 6.07) is 26.5. The molecule has 4 nitrogen and oxygen atoms in total. The Bertz CT molecular complexity index is 1120. The first kappa shape index (κ1) is 36.4. The lowest BCUT2D eigenvalue weighted by atomic mass is 9.80. The maximum Gasteiger partial charge on any atom is 0.143 e. The lowest BCUT2D eigenvalue weighted by Gasteiger charge is -2.36. The van der Waals surface area contributed by atoms with Crippen LogP contribution in [-0.2, 0) is 10.3 Å². The fourth-order valence-electron chi connectivity index (χ4n) is 6.02. The third-order valence-electron chi connectivity index (χ3n) is 8.74. The van der Waals surface area contributed by atoms with Crippen molar-refractivity contribution >= 4 is 0 Å². The SMILES string of the molecule is CCCCCCCC/C=C/CCCCCCCC(O)CCOC(c1ccccc1)(c1ccc(OC)cc1)c1ccc(OC)cc1. The highest BCUT2D eigenvalue weighted by Gasteiger charge is 2.37. The molecule has 45 heavy (non-hydrogen) atoms. The fraction of sp³-hybridized carbons (Fsp3) is 0.512. The van der Waals surface area contributed by atoms with E-state index in [-0.39, 0.29) is 6.10 Å². The Morgan fingerprint density at radius 3 is 1.56 bits per heavy atom. The molecule has 3 aromatic carbocycles. The van der Waals surface area contributed by atoms with E-state index in [1.807, 2.05) is 42.5 Å². The molecule has 0 saturated carbocycles. The molecule has 0 fully saturated rings. The summed E-state index contributed by atoms with van der Waals surface area (Å²) in [7, 11) is 3.35. The Morgan fingerprint density at radius 2 is 1.04 bits per heavy atom. The number of aliphatic hydroxyl groups is 1. The van der Waals surface area contributed by atoms with Gasteiger partial charge in [0.25, 0.3) is 0 Å². The Morgan fingerprint density at radius 1 is 0.578 bits per heavy atom. The Balaban J connectivity index is 1.48. The molecular formula is C41H58O4. The minimum Gasteiger partial charge on any atom is -0.497 e. The van der Waals surface area contributed by atoms with E-state index in [0.717, 1.165) is 41.0 Å². The van der Waals surface area contributed by atoms with E-state index in [1.54, 1.807) is 14.2 Å². The largest absolute Gasteiger partial charge is 0.497 e. The number of hydrogen-bond acceptors (Lipinski definition) is 4. The average molecular weight is 615 g/mol. The summed E-state index contributed by atoms with van der Waals surface area (Å²) in [6.45, 7) is 2.70. The van der Waals surface area contributed by atoms with Crippen molar-refractivity contribution in [1.29, 1.82) is 0 Å². The van der Waals surface area contributed by atoms with Crippen LogP contribution in [0.25, 0.3) is 0 Å². The molecule has 0 aliphatic rings. The summed E-state index contributed by atoms with van der Waals surface area (Å²) < 4.78 is 17.8. The van der Waals surface area contributed by atoms with Gasteiger partial charge in [-0.3, -0.25) is 0 Å². The number of rotatable bonds is 24. The predicted octanol–water partition coefficient (Wildman–Crippen LogP) is 10.8. The Hall–Kier alpha value is -3.08. The van der Waals surface area contributed by atoms with Crippen LogP contribution in [0.15, 0.2) is 91.0 Å². The molecule has 0 heterocycles. The van der Waals surface area contributed by atoms with Gasteiger partial charge >= 0.3 is 0 Å². The van der Waals surface area contributed by atoms with E-state index in [9.17, 15) is 5.11 Å². The first-order valence-electron chi connectivity index (χ1n) is 17.5. The van der Waals surface area contributed by atoms with Crippen molar-refractivity contribution in [3.05, 3.63) is 108 Å². The van der Waals surface area contributed by atoms with Gasteiger partial charge in [-0.2, -0.15) is 0 Å². The van der Waals surface area contributed by atoms with Gasteiger partial charge in [0.15, 0.2) is 0 Å². The van der Waals surface area contributed by atoms with Crippen LogP contribution in [-0.4, -0.2) is 32.0 Å². The molecule has 1 atom stereocenters. The molecule has 0 saturated heterocycles. The number of allylic oxidation sites excluding steroid dienone is 2. The van der Waals surface area contributed by atoms with Gasteiger partial charge < -0.3 is 19.3 Å².